The third-order valence-corrected chi connectivity index (χ3v) is 5.61. The molecule has 154 valence electrons. The Kier molecular flexibility index (Phi) is 6.20. The van der Waals surface area contributed by atoms with Crippen LogP contribution in [0.25, 0.3) is 0 Å². The zero-order valence-electron chi connectivity index (χ0n) is 16.9. The monoisotopic (exact) mass is 396 g/mol. The molecule has 0 unspecified atom stereocenters. The molecule has 29 heavy (non-hydrogen) atoms. The number of carbonyl (C=O) groups excluding carboxylic acids is 1. The largest absolute Gasteiger partial charge is 0.496 e. The van der Waals surface area contributed by atoms with Gasteiger partial charge in [-0.1, -0.05) is 30.3 Å². The van der Waals surface area contributed by atoms with Crippen molar-refractivity contribution < 1.29 is 19.0 Å². The normalized spacial score (nSPS) is 16.5. The summed E-state index contributed by atoms with van der Waals surface area (Å²) in [5.41, 5.74) is 2.06. The van der Waals surface area contributed by atoms with E-state index in [0.717, 1.165) is 60.9 Å². The zero-order valence-corrected chi connectivity index (χ0v) is 16.9. The zero-order chi connectivity index (χ0) is 20.1. The van der Waals surface area contributed by atoms with E-state index >= 15 is 0 Å². The molecular formula is C23H28N2O4. The molecule has 2 heterocycles. The van der Waals surface area contributed by atoms with Gasteiger partial charge in [0, 0.05) is 36.8 Å². The van der Waals surface area contributed by atoms with Gasteiger partial charge < -0.3 is 24.4 Å². The number of likely N-dealkylation sites (tertiary alicyclic amines) is 1. The van der Waals surface area contributed by atoms with Crippen molar-refractivity contribution in [2.45, 2.75) is 31.8 Å². The number of nitrogens with zero attached hydrogens (tertiary/aromatic N) is 1. The molecule has 1 fully saturated rings. The first-order chi connectivity index (χ1) is 14.2. The van der Waals surface area contributed by atoms with Crippen molar-refractivity contribution in [1.29, 1.82) is 0 Å². The molecule has 2 aliphatic heterocycles. The van der Waals surface area contributed by atoms with E-state index in [1.165, 1.54) is 0 Å². The van der Waals surface area contributed by atoms with Crippen LogP contribution in [0.4, 0.5) is 0 Å². The number of ether oxygens (including phenoxy) is 3. The maximum Gasteiger partial charge on any atom is 0.227 e. The van der Waals surface area contributed by atoms with Crippen molar-refractivity contribution >= 4 is 5.91 Å². The van der Waals surface area contributed by atoms with Gasteiger partial charge in [0.1, 0.15) is 19.0 Å². The van der Waals surface area contributed by atoms with Crippen LogP contribution < -0.4 is 19.5 Å². The Bertz CT molecular complexity index is 847. The average Bonchev–Trinajstić information content (AvgIpc) is 2.78. The van der Waals surface area contributed by atoms with E-state index in [9.17, 15) is 4.79 Å². The number of hydrogen-bond acceptors (Lipinski definition) is 5. The van der Waals surface area contributed by atoms with Crippen LogP contribution in [0.2, 0.25) is 0 Å². The number of nitrogens with one attached hydrogen (secondary N) is 1. The van der Waals surface area contributed by atoms with Crippen molar-refractivity contribution in [3.63, 3.8) is 0 Å². The van der Waals surface area contributed by atoms with Crippen molar-refractivity contribution in [2.24, 2.45) is 0 Å². The molecule has 2 aromatic carbocycles. The number of methoxy groups -OCH3 is 1. The lowest BCUT2D eigenvalue weighted by Crippen LogP contribution is -2.45. The molecule has 2 aliphatic rings. The molecule has 0 aromatic heterocycles. The maximum absolute atomic E-state index is 12.7. The summed E-state index contributed by atoms with van der Waals surface area (Å²) in [6.07, 6.45) is 2.28. The highest BCUT2D eigenvalue weighted by molar-refractivity contribution is 5.79. The number of rotatable bonds is 6. The lowest BCUT2D eigenvalue weighted by atomic mass is 10.0. The summed E-state index contributed by atoms with van der Waals surface area (Å²) >= 11 is 0. The van der Waals surface area contributed by atoms with Crippen LogP contribution in [0.5, 0.6) is 17.2 Å². The van der Waals surface area contributed by atoms with Gasteiger partial charge in [-0.2, -0.15) is 0 Å². The van der Waals surface area contributed by atoms with E-state index in [-0.39, 0.29) is 5.91 Å². The molecule has 6 heteroatoms. The van der Waals surface area contributed by atoms with Gasteiger partial charge in [-0.15, -0.1) is 0 Å². The molecular weight excluding hydrogens is 368 g/mol. The maximum atomic E-state index is 12.7. The predicted molar refractivity (Wildman–Crippen MR) is 111 cm³/mol. The molecule has 0 aliphatic carbocycles. The Morgan fingerprint density at radius 3 is 2.66 bits per heavy atom. The van der Waals surface area contributed by atoms with Crippen molar-refractivity contribution in [1.82, 2.24) is 10.2 Å². The highest BCUT2D eigenvalue weighted by Gasteiger charge is 2.24. The van der Waals surface area contributed by atoms with Gasteiger partial charge in [0.2, 0.25) is 5.91 Å². The minimum atomic E-state index is 0.163. The van der Waals surface area contributed by atoms with Crippen LogP contribution >= 0.6 is 0 Å². The van der Waals surface area contributed by atoms with Crippen molar-refractivity contribution in [2.75, 3.05) is 33.4 Å². The van der Waals surface area contributed by atoms with Gasteiger partial charge in [-0.05, 0) is 25.0 Å². The number of benzene rings is 2. The Labute approximate surface area is 171 Å². The topological polar surface area (TPSA) is 60.0 Å². The van der Waals surface area contributed by atoms with E-state index < -0.39 is 0 Å². The Morgan fingerprint density at radius 1 is 1.07 bits per heavy atom. The molecule has 0 atom stereocenters. The number of carbonyl (C=O) groups is 1. The molecule has 2 aromatic rings. The highest BCUT2D eigenvalue weighted by Crippen LogP contribution is 2.33. The summed E-state index contributed by atoms with van der Waals surface area (Å²) in [6.45, 7) is 3.49. The van der Waals surface area contributed by atoms with Gasteiger partial charge in [0.05, 0.1) is 13.5 Å². The fourth-order valence-electron chi connectivity index (χ4n) is 3.98. The Balaban J connectivity index is 1.27. The third kappa shape index (κ3) is 4.65. The number of hydrogen-bond donors (Lipinski definition) is 1. The van der Waals surface area contributed by atoms with Crippen molar-refractivity contribution in [3.8, 4) is 17.2 Å². The predicted octanol–water partition coefficient (Wildman–Crippen LogP) is 2.79. The summed E-state index contributed by atoms with van der Waals surface area (Å²) in [5, 5.41) is 3.62. The molecule has 0 spiro atoms. The standard InChI is InChI=1S/C23H28N2O4/c1-27-20-7-3-2-5-17(20)15-22(26)25-11-9-19(10-12-25)24-16-18-6-4-8-21-23(18)29-14-13-28-21/h2-8,19,24H,9-16H2,1H3. The molecule has 6 nitrogen and oxygen atoms in total. The first-order valence-corrected chi connectivity index (χ1v) is 10.2. The van der Waals surface area contributed by atoms with Gasteiger partial charge in [-0.3, -0.25) is 4.79 Å². The molecule has 0 radical (unpaired) electrons. The van der Waals surface area contributed by atoms with Crippen LogP contribution in [-0.2, 0) is 17.8 Å². The van der Waals surface area contributed by atoms with Crippen LogP contribution in [0, 0.1) is 0 Å². The fourth-order valence-corrected chi connectivity index (χ4v) is 3.98. The van der Waals surface area contributed by atoms with E-state index in [2.05, 4.69) is 11.4 Å². The molecule has 1 saturated heterocycles. The quantitative estimate of drug-likeness (QED) is 0.814. The van der Waals surface area contributed by atoms with Gasteiger partial charge in [0.25, 0.3) is 0 Å². The second-order valence-electron chi connectivity index (χ2n) is 7.47. The van der Waals surface area contributed by atoms with Gasteiger partial charge in [-0.25, -0.2) is 0 Å². The first-order valence-electron chi connectivity index (χ1n) is 10.2. The fraction of sp³-hybridized carbons (Fsp3) is 0.435. The molecule has 1 N–H and O–H groups in total. The molecule has 0 bridgehead atoms. The highest BCUT2D eigenvalue weighted by atomic mass is 16.6. The van der Waals surface area contributed by atoms with E-state index in [1.54, 1.807) is 7.11 Å². The Morgan fingerprint density at radius 2 is 1.83 bits per heavy atom. The van der Waals surface area contributed by atoms with Gasteiger partial charge in [0.15, 0.2) is 11.5 Å². The van der Waals surface area contributed by atoms with Crippen LogP contribution in [0.1, 0.15) is 24.0 Å². The van der Waals surface area contributed by atoms with Crippen LogP contribution in [0.3, 0.4) is 0 Å². The molecule has 1 amide bonds. The second kappa shape index (κ2) is 9.18. The summed E-state index contributed by atoms with van der Waals surface area (Å²) < 4.78 is 16.8. The van der Waals surface area contributed by atoms with Crippen molar-refractivity contribution in [3.05, 3.63) is 53.6 Å². The summed E-state index contributed by atoms with van der Waals surface area (Å²) in [6, 6.07) is 14.1. The molecule has 0 saturated carbocycles. The minimum absolute atomic E-state index is 0.163. The minimum Gasteiger partial charge on any atom is -0.496 e. The van der Waals surface area contributed by atoms with E-state index in [0.29, 0.717) is 25.7 Å². The third-order valence-electron chi connectivity index (χ3n) is 5.61. The average molecular weight is 396 g/mol. The summed E-state index contributed by atoms with van der Waals surface area (Å²) in [7, 11) is 1.64. The van der Waals surface area contributed by atoms with Crippen LogP contribution in [0.15, 0.2) is 42.5 Å². The van der Waals surface area contributed by atoms with E-state index in [4.69, 9.17) is 14.2 Å². The number of fused-ring (bicyclic) bond motifs is 1. The Hall–Kier alpha value is -2.73. The number of amides is 1. The lowest BCUT2D eigenvalue weighted by molar-refractivity contribution is -0.131. The molecule has 4 rings (SSSR count). The smallest absolute Gasteiger partial charge is 0.227 e. The number of piperidine rings is 1. The van der Waals surface area contributed by atoms with E-state index in [1.807, 2.05) is 41.3 Å². The summed E-state index contributed by atoms with van der Waals surface area (Å²) in [4.78, 5) is 14.7. The van der Waals surface area contributed by atoms with Gasteiger partial charge >= 0.3 is 0 Å². The first kappa shape index (κ1) is 19.6. The van der Waals surface area contributed by atoms with Crippen LogP contribution in [-0.4, -0.2) is 50.3 Å². The second-order valence-corrected chi connectivity index (χ2v) is 7.47. The lowest BCUT2D eigenvalue weighted by Gasteiger charge is -2.33. The SMILES string of the molecule is COc1ccccc1CC(=O)N1CCC(NCc2cccc3c2OCCO3)CC1. The summed E-state index contributed by atoms with van der Waals surface area (Å²) in [5.74, 6) is 2.62. The number of para-hydroxylation sites is 2.